The SMILES string of the molecule is CC(C)(CCc1ccccc1)NCc1cccc(F)c1Br. The van der Waals surface area contributed by atoms with Gasteiger partial charge in [-0.05, 0) is 59.8 Å². The van der Waals surface area contributed by atoms with Crippen molar-refractivity contribution in [2.75, 3.05) is 0 Å². The van der Waals surface area contributed by atoms with Gasteiger partial charge in [0, 0.05) is 12.1 Å². The Morgan fingerprint density at radius 3 is 2.48 bits per heavy atom. The van der Waals surface area contributed by atoms with Gasteiger partial charge in [0.15, 0.2) is 0 Å². The molecule has 0 aromatic heterocycles. The highest BCUT2D eigenvalue weighted by Crippen LogP contribution is 2.21. The molecule has 0 saturated heterocycles. The van der Waals surface area contributed by atoms with Gasteiger partial charge in [-0.15, -0.1) is 0 Å². The topological polar surface area (TPSA) is 12.0 Å². The molecule has 0 aliphatic carbocycles. The maximum atomic E-state index is 13.5. The third-order valence-corrected chi connectivity index (χ3v) is 4.56. The number of aryl methyl sites for hydroxylation is 1. The first kappa shape index (κ1) is 16.2. The van der Waals surface area contributed by atoms with Gasteiger partial charge in [-0.25, -0.2) is 4.39 Å². The number of benzene rings is 2. The fourth-order valence-electron chi connectivity index (χ4n) is 2.21. The maximum Gasteiger partial charge on any atom is 0.137 e. The van der Waals surface area contributed by atoms with E-state index in [1.807, 2.05) is 12.1 Å². The average molecular weight is 350 g/mol. The third-order valence-electron chi connectivity index (χ3n) is 3.67. The molecule has 21 heavy (non-hydrogen) atoms. The van der Waals surface area contributed by atoms with Crippen molar-refractivity contribution in [2.45, 2.75) is 38.8 Å². The summed E-state index contributed by atoms with van der Waals surface area (Å²) < 4.78 is 14.0. The lowest BCUT2D eigenvalue weighted by atomic mass is 9.95. The predicted molar refractivity (Wildman–Crippen MR) is 89.8 cm³/mol. The second-order valence-corrected chi connectivity index (χ2v) is 6.73. The van der Waals surface area contributed by atoms with Crippen molar-refractivity contribution in [2.24, 2.45) is 0 Å². The molecule has 0 fully saturated rings. The number of halogens is 2. The first-order valence-electron chi connectivity index (χ1n) is 7.20. The Morgan fingerprint density at radius 1 is 1.05 bits per heavy atom. The highest BCUT2D eigenvalue weighted by molar-refractivity contribution is 9.10. The molecule has 0 bridgehead atoms. The zero-order valence-corrected chi connectivity index (χ0v) is 14.1. The zero-order chi connectivity index (χ0) is 15.3. The van der Waals surface area contributed by atoms with Crippen LogP contribution in [0.1, 0.15) is 31.4 Å². The van der Waals surface area contributed by atoms with E-state index in [0.717, 1.165) is 18.4 Å². The number of rotatable bonds is 6. The summed E-state index contributed by atoms with van der Waals surface area (Å²) in [5, 5.41) is 3.52. The monoisotopic (exact) mass is 349 g/mol. The number of hydrogen-bond donors (Lipinski definition) is 1. The average Bonchev–Trinajstić information content (AvgIpc) is 2.48. The first-order chi connectivity index (χ1) is 9.98. The first-order valence-corrected chi connectivity index (χ1v) is 7.99. The van der Waals surface area contributed by atoms with E-state index in [1.165, 1.54) is 11.6 Å². The Balaban J connectivity index is 1.90. The molecule has 0 saturated carbocycles. The quantitative estimate of drug-likeness (QED) is 0.765. The van der Waals surface area contributed by atoms with Gasteiger partial charge in [-0.3, -0.25) is 0 Å². The van der Waals surface area contributed by atoms with E-state index in [9.17, 15) is 4.39 Å². The molecule has 112 valence electrons. The van der Waals surface area contributed by atoms with E-state index in [1.54, 1.807) is 6.07 Å². The molecule has 1 N–H and O–H groups in total. The molecule has 0 radical (unpaired) electrons. The number of nitrogens with one attached hydrogen (secondary N) is 1. The normalized spacial score (nSPS) is 11.6. The Kier molecular flexibility index (Phi) is 5.54. The van der Waals surface area contributed by atoms with Crippen LogP contribution < -0.4 is 5.32 Å². The summed E-state index contributed by atoms with van der Waals surface area (Å²) in [7, 11) is 0. The summed E-state index contributed by atoms with van der Waals surface area (Å²) in [6.07, 6.45) is 2.06. The fraction of sp³-hybridized carbons (Fsp3) is 0.333. The van der Waals surface area contributed by atoms with Crippen molar-refractivity contribution in [3.63, 3.8) is 0 Å². The van der Waals surface area contributed by atoms with Crippen LogP contribution >= 0.6 is 15.9 Å². The highest BCUT2D eigenvalue weighted by atomic mass is 79.9. The van der Waals surface area contributed by atoms with Gasteiger partial charge in [0.05, 0.1) is 4.47 Å². The van der Waals surface area contributed by atoms with Crippen molar-refractivity contribution >= 4 is 15.9 Å². The van der Waals surface area contributed by atoms with E-state index < -0.39 is 0 Å². The van der Waals surface area contributed by atoms with Crippen molar-refractivity contribution in [3.8, 4) is 0 Å². The molecule has 0 aliphatic rings. The van der Waals surface area contributed by atoms with Gasteiger partial charge in [-0.1, -0.05) is 42.5 Å². The number of hydrogen-bond acceptors (Lipinski definition) is 1. The second kappa shape index (κ2) is 7.19. The molecule has 2 rings (SSSR count). The molecular weight excluding hydrogens is 329 g/mol. The van der Waals surface area contributed by atoms with Crippen LogP contribution in [0.5, 0.6) is 0 Å². The molecule has 0 unspecified atom stereocenters. The van der Waals surface area contributed by atoms with Crippen LogP contribution in [-0.2, 0) is 13.0 Å². The van der Waals surface area contributed by atoms with E-state index in [-0.39, 0.29) is 11.4 Å². The molecule has 0 aliphatic heterocycles. The molecule has 1 nitrogen and oxygen atoms in total. The van der Waals surface area contributed by atoms with Gasteiger partial charge in [-0.2, -0.15) is 0 Å². The van der Waals surface area contributed by atoms with Crippen molar-refractivity contribution < 1.29 is 4.39 Å². The summed E-state index contributed by atoms with van der Waals surface area (Å²) in [6.45, 7) is 5.02. The van der Waals surface area contributed by atoms with Crippen molar-refractivity contribution in [1.82, 2.24) is 5.32 Å². The van der Waals surface area contributed by atoms with Gasteiger partial charge in [0.1, 0.15) is 5.82 Å². The van der Waals surface area contributed by atoms with Crippen LogP contribution in [0, 0.1) is 5.82 Å². The minimum Gasteiger partial charge on any atom is -0.308 e. The molecule has 0 heterocycles. The summed E-state index contributed by atoms with van der Waals surface area (Å²) in [5.41, 5.74) is 2.30. The van der Waals surface area contributed by atoms with Gasteiger partial charge < -0.3 is 5.32 Å². The largest absolute Gasteiger partial charge is 0.308 e. The standard InChI is InChI=1S/C18H21BrFN/c1-18(2,12-11-14-7-4-3-5-8-14)21-13-15-9-6-10-16(20)17(15)19/h3-10,21H,11-13H2,1-2H3. The minimum atomic E-state index is -0.212. The van der Waals surface area contributed by atoms with Crippen LogP contribution in [0.15, 0.2) is 53.0 Å². The maximum absolute atomic E-state index is 13.5. The summed E-state index contributed by atoms with van der Waals surface area (Å²) in [6, 6.07) is 15.6. The Hall–Kier alpha value is -1.19. The molecular formula is C18H21BrFN. The smallest absolute Gasteiger partial charge is 0.137 e. The molecule has 0 spiro atoms. The van der Waals surface area contributed by atoms with E-state index in [0.29, 0.717) is 11.0 Å². The summed E-state index contributed by atoms with van der Waals surface area (Å²) in [5.74, 6) is -0.212. The predicted octanol–water partition coefficient (Wildman–Crippen LogP) is 5.09. The summed E-state index contributed by atoms with van der Waals surface area (Å²) in [4.78, 5) is 0. The lowest BCUT2D eigenvalue weighted by Gasteiger charge is -2.27. The van der Waals surface area contributed by atoms with Crippen LogP contribution in [-0.4, -0.2) is 5.54 Å². The van der Waals surface area contributed by atoms with E-state index in [2.05, 4.69) is 59.4 Å². The van der Waals surface area contributed by atoms with Crippen LogP contribution in [0.3, 0.4) is 0 Å². The summed E-state index contributed by atoms with van der Waals surface area (Å²) >= 11 is 3.31. The zero-order valence-electron chi connectivity index (χ0n) is 12.5. The van der Waals surface area contributed by atoms with Crippen LogP contribution in [0.2, 0.25) is 0 Å². The van der Waals surface area contributed by atoms with Crippen molar-refractivity contribution in [1.29, 1.82) is 0 Å². The van der Waals surface area contributed by atoms with Crippen LogP contribution in [0.25, 0.3) is 0 Å². The van der Waals surface area contributed by atoms with E-state index >= 15 is 0 Å². The van der Waals surface area contributed by atoms with Gasteiger partial charge >= 0.3 is 0 Å². The Morgan fingerprint density at radius 2 is 1.76 bits per heavy atom. The Labute approximate surface area is 134 Å². The lowest BCUT2D eigenvalue weighted by molar-refractivity contribution is 0.359. The molecule has 3 heteroatoms. The molecule has 0 atom stereocenters. The molecule has 2 aromatic rings. The van der Waals surface area contributed by atoms with Crippen LogP contribution in [0.4, 0.5) is 4.39 Å². The highest BCUT2D eigenvalue weighted by Gasteiger charge is 2.17. The lowest BCUT2D eigenvalue weighted by Crippen LogP contribution is -2.39. The van der Waals surface area contributed by atoms with Crippen molar-refractivity contribution in [3.05, 3.63) is 69.9 Å². The van der Waals surface area contributed by atoms with Gasteiger partial charge in [0.25, 0.3) is 0 Å². The molecule has 0 amide bonds. The second-order valence-electron chi connectivity index (χ2n) is 5.94. The molecule has 2 aromatic carbocycles. The fourth-order valence-corrected chi connectivity index (χ4v) is 2.61. The minimum absolute atomic E-state index is 0.00159. The van der Waals surface area contributed by atoms with E-state index in [4.69, 9.17) is 0 Å². The third kappa shape index (κ3) is 4.94. The Bertz CT molecular complexity index is 581. The van der Waals surface area contributed by atoms with Gasteiger partial charge in [0.2, 0.25) is 0 Å².